The highest BCUT2D eigenvalue weighted by Gasteiger charge is 2.17. The van der Waals surface area contributed by atoms with Gasteiger partial charge in [0.1, 0.15) is 0 Å². The summed E-state index contributed by atoms with van der Waals surface area (Å²) in [5.41, 5.74) is 3.89. The Morgan fingerprint density at radius 2 is 1.58 bits per heavy atom. The molecule has 1 amide bonds. The van der Waals surface area contributed by atoms with Crippen LogP contribution in [-0.4, -0.2) is 14.3 Å². The summed E-state index contributed by atoms with van der Waals surface area (Å²) in [7, 11) is -3.81. The first kappa shape index (κ1) is 22.6. The average Bonchev–Trinajstić information content (AvgIpc) is 2.73. The second-order valence-corrected chi connectivity index (χ2v) is 10.3. The lowest BCUT2D eigenvalue weighted by Gasteiger charge is -2.19. The number of carbonyl (C=O) groups excluding carboxylic acids is 1. The minimum Gasteiger partial charge on any atom is -0.348 e. The number of hydrogen-bond donors (Lipinski definition) is 2. The molecule has 0 atom stereocenters. The fraction of sp³-hybridized carbons (Fsp3) is 0.240. The molecule has 3 aromatic carbocycles. The molecular weight excluding hydrogens is 408 g/mol. The van der Waals surface area contributed by atoms with Gasteiger partial charge in [-0.25, -0.2) is 8.42 Å². The molecule has 0 heterocycles. The number of nitrogens with one attached hydrogen (secondary N) is 2. The molecule has 2 N–H and O–H groups in total. The molecule has 0 unspecified atom stereocenters. The van der Waals surface area contributed by atoms with E-state index < -0.39 is 10.0 Å². The van der Waals surface area contributed by atoms with E-state index in [2.05, 4.69) is 42.9 Å². The van der Waals surface area contributed by atoms with Gasteiger partial charge in [0.15, 0.2) is 0 Å². The number of hydrogen-bond acceptors (Lipinski definition) is 3. The molecule has 3 rings (SSSR count). The molecule has 0 saturated heterocycles. The third kappa shape index (κ3) is 5.73. The molecule has 5 nitrogen and oxygen atoms in total. The van der Waals surface area contributed by atoms with Gasteiger partial charge in [-0.15, -0.1) is 0 Å². The van der Waals surface area contributed by atoms with E-state index in [1.807, 2.05) is 31.2 Å². The van der Waals surface area contributed by atoms with Crippen LogP contribution in [0.3, 0.4) is 0 Å². The number of aryl methyl sites for hydroxylation is 1. The summed E-state index contributed by atoms with van der Waals surface area (Å²) >= 11 is 0. The molecule has 0 spiro atoms. The smallest absolute Gasteiger partial charge is 0.261 e. The van der Waals surface area contributed by atoms with Crippen molar-refractivity contribution >= 4 is 21.6 Å². The molecule has 31 heavy (non-hydrogen) atoms. The van der Waals surface area contributed by atoms with Gasteiger partial charge in [0.05, 0.1) is 10.6 Å². The van der Waals surface area contributed by atoms with Gasteiger partial charge in [-0.3, -0.25) is 9.52 Å². The van der Waals surface area contributed by atoms with Gasteiger partial charge < -0.3 is 5.32 Å². The zero-order valence-corrected chi connectivity index (χ0v) is 19.1. The summed E-state index contributed by atoms with van der Waals surface area (Å²) in [4.78, 5) is 12.6. The van der Waals surface area contributed by atoms with E-state index >= 15 is 0 Å². The maximum absolute atomic E-state index is 12.8. The van der Waals surface area contributed by atoms with Gasteiger partial charge >= 0.3 is 0 Å². The van der Waals surface area contributed by atoms with Gasteiger partial charge in [-0.1, -0.05) is 69.3 Å². The van der Waals surface area contributed by atoms with Crippen LogP contribution in [0.15, 0.2) is 77.7 Å². The van der Waals surface area contributed by atoms with E-state index in [0.717, 1.165) is 11.1 Å². The fourth-order valence-corrected chi connectivity index (χ4v) is 4.28. The molecule has 0 saturated carbocycles. The standard InChI is InChI=1S/C25H28N2O3S/c1-18-8-5-6-11-23(18)27-31(29,30)22-10-7-9-20(16-22)24(28)26-17-19-12-14-21(15-13-19)25(2,3)4/h5-16,27H,17H2,1-4H3,(H,26,28). The van der Waals surface area contributed by atoms with Gasteiger partial charge in [-0.05, 0) is 53.3 Å². The third-order valence-corrected chi connectivity index (χ3v) is 6.43. The third-order valence-electron chi connectivity index (χ3n) is 5.07. The Morgan fingerprint density at radius 1 is 0.903 bits per heavy atom. The highest BCUT2D eigenvalue weighted by molar-refractivity contribution is 7.92. The van der Waals surface area contributed by atoms with Crippen molar-refractivity contribution in [3.05, 3.63) is 95.1 Å². The zero-order chi connectivity index (χ0) is 22.6. The summed E-state index contributed by atoms with van der Waals surface area (Å²) in [5.74, 6) is -0.326. The zero-order valence-electron chi connectivity index (χ0n) is 18.3. The Balaban J connectivity index is 1.70. The molecule has 0 aliphatic rings. The Morgan fingerprint density at radius 3 is 2.23 bits per heavy atom. The van der Waals surface area contributed by atoms with E-state index in [1.165, 1.54) is 17.7 Å². The van der Waals surface area contributed by atoms with E-state index in [-0.39, 0.29) is 16.2 Å². The predicted molar refractivity (Wildman–Crippen MR) is 125 cm³/mol. The lowest BCUT2D eigenvalue weighted by molar-refractivity contribution is 0.0950. The highest BCUT2D eigenvalue weighted by atomic mass is 32.2. The normalized spacial score (nSPS) is 11.7. The second-order valence-electron chi connectivity index (χ2n) is 8.58. The minimum absolute atomic E-state index is 0.0398. The van der Waals surface area contributed by atoms with Crippen LogP contribution in [-0.2, 0) is 22.0 Å². The SMILES string of the molecule is Cc1ccccc1NS(=O)(=O)c1cccc(C(=O)NCc2ccc(C(C)(C)C)cc2)c1. The lowest BCUT2D eigenvalue weighted by atomic mass is 9.87. The van der Waals surface area contributed by atoms with Crippen molar-refractivity contribution in [2.45, 2.75) is 44.6 Å². The number of rotatable bonds is 6. The van der Waals surface area contributed by atoms with Crippen LogP contribution in [0.5, 0.6) is 0 Å². The van der Waals surface area contributed by atoms with Gasteiger partial charge in [0, 0.05) is 12.1 Å². The van der Waals surface area contributed by atoms with Gasteiger partial charge in [0.25, 0.3) is 15.9 Å². The molecule has 0 bridgehead atoms. The summed E-state index contributed by atoms with van der Waals surface area (Å²) < 4.78 is 28.1. The predicted octanol–water partition coefficient (Wildman–Crippen LogP) is 5.02. The van der Waals surface area contributed by atoms with Crippen molar-refractivity contribution in [3.63, 3.8) is 0 Å². The number of amides is 1. The molecular formula is C25H28N2O3S. The molecule has 0 aromatic heterocycles. The van der Waals surface area contributed by atoms with E-state index in [4.69, 9.17) is 0 Å². The van der Waals surface area contributed by atoms with Crippen LogP contribution < -0.4 is 10.0 Å². The number of carbonyl (C=O) groups is 1. The van der Waals surface area contributed by atoms with Crippen LogP contribution >= 0.6 is 0 Å². The van der Waals surface area contributed by atoms with E-state index in [0.29, 0.717) is 17.8 Å². The number of para-hydroxylation sites is 1. The highest BCUT2D eigenvalue weighted by Crippen LogP contribution is 2.22. The Bertz CT molecular complexity index is 1180. The van der Waals surface area contributed by atoms with Crippen molar-refractivity contribution in [2.24, 2.45) is 0 Å². The summed E-state index contributed by atoms with van der Waals surface area (Å²) in [6, 6.07) is 21.3. The van der Waals surface area contributed by atoms with E-state index in [9.17, 15) is 13.2 Å². The fourth-order valence-electron chi connectivity index (χ4n) is 3.10. The molecule has 0 fully saturated rings. The number of benzene rings is 3. The number of sulfonamides is 1. The van der Waals surface area contributed by atoms with Crippen LogP contribution in [0.25, 0.3) is 0 Å². The van der Waals surface area contributed by atoms with Crippen molar-refractivity contribution in [2.75, 3.05) is 4.72 Å². The Labute approximate surface area is 184 Å². The summed E-state index contributed by atoms with van der Waals surface area (Å²) in [5, 5.41) is 2.86. The van der Waals surface area contributed by atoms with E-state index in [1.54, 1.807) is 24.3 Å². The van der Waals surface area contributed by atoms with Crippen LogP contribution in [0, 0.1) is 6.92 Å². The quantitative estimate of drug-likeness (QED) is 0.569. The van der Waals surface area contributed by atoms with Crippen LogP contribution in [0.1, 0.15) is 47.8 Å². The maximum Gasteiger partial charge on any atom is 0.261 e. The largest absolute Gasteiger partial charge is 0.348 e. The van der Waals surface area contributed by atoms with Crippen molar-refractivity contribution in [1.82, 2.24) is 5.32 Å². The molecule has 6 heteroatoms. The van der Waals surface area contributed by atoms with Crippen LogP contribution in [0.4, 0.5) is 5.69 Å². The van der Waals surface area contributed by atoms with Crippen LogP contribution in [0.2, 0.25) is 0 Å². The Hall–Kier alpha value is -3.12. The van der Waals surface area contributed by atoms with Gasteiger partial charge in [0.2, 0.25) is 0 Å². The Kier molecular flexibility index (Phi) is 6.51. The first-order chi connectivity index (χ1) is 14.6. The monoisotopic (exact) mass is 436 g/mol. The molecule has 0 aliphatic heterocycles. The molecule has 0 aliphatic carbocycles. The molecule has 162 valence electrons. The molecule has 3 aromatic rings. The van der Waals surface area contributed by atoms with Crippen molar-refractivity contribution in [3.8, 4) is 0 Å². The molecule has 0 radical (unpaired) electrons. The second kappa shape index (κ2) is 8.94. The average molecular weight is 437 g/mol. The van der Waals surface area contributed by atoms with Crippen molar-refractivity contribution in [1.29, 1.82) is 0 Å². The first-order valence-corrected chi connectivity index (χ1v) is 11.6. The summed E-state index contributed by atoms with van der Waals surface area (Å²) in [6.45, 7) is 8.65. The topological polar surface area (TPSA) is 75.3 Å². The van der Waals surface area contributed by atoms with Gasteiger partial charge in [-0.2, -0.15) is 0 Å². The first-order valence-electron chi connectivity index (χ1n) is 10.1. The maximum atomic E-state index is 12.8. The lowest BCUT2D eigenvalue weighted by Crippen LogP contribution is -2.23. The summed E-state index contributed by atoms with van der Waals surface area (Å²) in [6.07, 6.45) is 0. The number of anilines is 1. The van der Waals surface area contributed by atoms with Crippen molar-refractivity contribution < 1.29 is 13.2 Å². The minimum atomic E-state index is -3.81.